The molecule has 1 amide bonds. The summed E-state index contributed by atoms with van der Waals surface area (Å²) in [6, 6.07) is 7.42. The van der Waals surface area contributed by atoms with E-state index in [9.17, 15) is 9.59 Å². The molecule has 0 saturated heterocycles. The molecule has 0 saturated carbocycles. The number of rotatable bonds is 1. The van der Waals surface area contributed by atoms with E-state index in [0.29, 0.717) is 13.0 Å². The van der Waals surface area contributed by atoms with Crippen LogP contribution in [-0.2, 0) is 22.5 Å². The summed E-state index contributed by atoms with van der Waals surface area (Å²) in [5.41, 5.74) is 1.65. The molecule has 4 heteroatoms. The summed E-state index contributed by atoms with van der Waals surface area (Å²) >= 11 is 0. The van der Waals surface area contributed by atoms with Crippen molar-refractivity contribution in [1.29, 1.82) is 0 Å². The first kappa shape index (κ1) is 13.6. The molecule has 0 aromatic heterocycles. The predicted molar refractivity (Wildman–Crippen MR) is 71.8 cm³/mol. The third-order valence-corrected chi connectivity index (χ3v) is 3.07. The number of aldehydes is 1. The zero-order chi connectivity index (χ0) is 14.0. The Morgan fingerprint density at radius 1 is 1.32 bits per heavy atom. The van der Waals surface area contributed by atoms with Crippen LogP contribution in [0.1, 0.15) is 31.9 Å². The van der Waals surface area contributed by atoms with E-state index in [0.717, 1.165) is 17.4 Å². The molecule has 4 nitrogen and oxygen atoms in total. The quantitative estimate of drug-likeness (QED) is 0.730. The molecular formula is C15H19NO3. The molecule has 1 aliphatic rings. The van der Waals surface area contributed by atoms with Crippen LogP contribution in [0.5, 0.6) is 0 Å². The van der Waals surface area contributed by atoms with Crippen molar-refractivity contribution in [1.82, 2.24) is 4.90 Å². The summed E-state index contributed by atoms with van der Waals surface area (Å²) in [6.07, 6.45) is 0.942. The zero-order valence-corrected chi connectivity index (χ0v) is 11.6. The Balaban J connectivity index is 2.21. The average molecular weight is 261 g/mol. The second kappa shape index (κ2) is 5.03. The van der Waals surface area contributed by atoms with Gasteiger partial charge in [-0.3, -0.25) is 4.90 Å². The van der Waals surface area contributed by atoms with Gasteiger partial charge in [0.25, 0.3) is 0 Å². The number of fused-ring (bicyclic) bond motifs is 1. The van der Waals surface area contributed by atoms with Crippen LogP contribution in [-0.4, -0.2) is 28.9 Å². The minimum atomic E-state index is -0.554. The van der Waals surface area contributed by atoms with Gasteiger partial charge in [0.2, 0.25) is 0 Å². The molecule has 1 heterocycles. The topological polar surface area (TPSA) is 46.6 Å². The number of carbonyl (C=O) groups excluding carboxylic acids is 2. The third kappa shape index (κ3) is 3.13. The van der Waals surface area contributed by atoms with Crippen LogP contribution in [0.2, 0.25) is 0 Å². The molecule has 2 rings (SSSR count). The summed E-state index contributed by atoms with van der Waals surface area (Å²) < 4.78 is 5.35. The molecule has 1 atom stereocenters. The van der Waals surface area contributed by atoms with E-state index in [1.54, 1.807) is 0 Å². The van der Waals surface area contributed by atoms with Crippen LogP contribution in [0.25, 0.3) is 0 Å². The second-order valence-electron chi connectivity index (χ2n) is 5.78. The van der Waals surface area contributed by atoms with E-state index in [4.69, 9.17) is 4.74 Å². The molecule has 1 aromatic rings. The SMILES string of the molecule is CC(C)(C)OC(=O)N1Cc2ccccc2CC1C=O. The normalized spacial score (nSPS) is 18.7. The minimum absolute atomic E-state index is 0.425. The first-order valence-corrected chi connectivity index (χ1v) is 6.42. The van der Waals surface area contributed by atoms with E-state index >= 15 is 0 Å². The Morgan fingerprint density at radius 3 is 2.53 bits per heavy atom. The second-order valence-corrected chi connectivity index (χ2v) is 5.78. The number of benzene rings is 1. The smallest absolute Gasteiger partial charge is 0.411 e. The number of amides is 1. The summed E-state index contributed by atoms with van der Waals surface area (Å²) in [5.74, 6) is 0. The van der Waals surface area contributed by atoms with Gasteiger partial charge in [0.05, 0.1) is 12.6 Å². The monoisotopic (exact) mass is 261 g/mol. The Morgan fingerprint density at radius 2 is 1.95 bits per heavy atom. The van der Waals surface area contributed by atoms with Gasteiger partial charge >= 0.3 is 6.09 Å². The van der Waals surface area contributed by atoms with Crippen LogP contribution in [0.4, 0.5) is 4.79 Å². The fraction of sp³-hybridized carbons (Fsp3) is 0.467. The van der Waals surface area contributed by atoms with E-state index in [1.165, 1.54) is 4.90 Å². The predicted octanol–water partition coefficient (Wildman–Crippen LogP) is 2.55. The number of hydrogen-bond donors (Lipinski definition) is 0. The van der Waals surface area contributed by atoms with Gasteiger partial charge in [-0.1, -0.05) is 24.3 Å². The lowest BCUT2D eigenvalue weighted by atomic mass is 9.95. The van der Waals surface area contributed by atoms with Gasteiger partial charge in [-0.05, 0) is 31.9 Å². The maximum absolute atomic E-state index is 12.1. The van der Waals surface area contributed by atoms with Gasteiger partial charge < -0.3 is 9.53 Å². The molecule has 19 heavy (non-hydrogen) atoms. The van der Waals surface area contributed by atoms with E-state index < -0.39 is 17.7 Å². The lowest BCUT2D eigenvalue weighted by molar-refractivity contribution is -0.113. The van der Waals surface area contributed by atoms with Gasteiger partial charge in [-0.15, -0.1) is 0 Å². The molecule has 0 spiro atoms. The summed E-state index contributed by atoms with van der Waals surface area (Å²) in [4.78, 5) is 24.8. The maximum atomic E-state index is 12.1. The van der Waals surface area contributed by atoms with Gasteiger partial charge in [0, 0.05) is 6.42 Å². The average Bonchev–Trinajstić information content (AvgIpc) is 2.35. The Labute approximate surface area is 113 Å². The van der Waals surface area contributed by atoms with Gasteiger partial charge in [-0.25, -0.2) is 4.79 Å². The van der Waals surface area contributed by atoms with Crippen LogP contribution >= 0.6 is 0 Å². The van der Waals surface area contributed by atoms with Crippen molar-refractivity contribution < 1.29 is 14.3 Å². The summed E-state index contributed by atoms with van der Waals surface area (Å²) in [7, 11) is 0. The molecule has 102 valence electrons. The van der Waals surface area contributed by atoms with Crippen molar-refractivity contribution in [3.8, 4) is 0 Å². The molecule has 1 aliphatic heterocycles. The van der Waals surface area contributed by atoms with Crippen molar-refractivity contribution >= 4 is 12.4 Å². The molecule has 0 radical (unpaired) electrons. The largest absolute Gasteiger partial charge is 0.444 e. The number of ether oxygens (including phenoxy) is 1. The van der Waals surface area contributed by atoms with Crippen molar-refractivity contribution in [2.45, 2.75) is 45.4 Å². The molecule has 1 unspecified atom stereocenters. The molecule has 0 fully saturated rings. The van der Waals surface area contributed by atoms with Crippen LogP contribution < -0.4 is 0 Å². The Kier molecular flexibility index (Phi) is 3.60. The number of hydrogen-bond acceptors (Lipinski definition) is 3. The van der Waals surface area contributed by atoms with Crippen molar-refractivity contribution in [2.75, 3.05) is 0 Å². The lowest BCUT2D eigenvalue weighted by Crippen LogP contribution is -2.47. The molecule has 0 aliphatic carbocycles. The Hall–Kier alpha value is -1.84. The van der Waals surface area contributed by atoms with Crippen LogP contribution in [0.15, 0.2) is 24.3 Å². The van der Waals surface area contributed by atoms with E-state index in [1.807, 2.05) is 45.0 Å². The fourth-order valence-corrected chi connectivity index (χ4v) is 2.19. The minimum Gasteiger partial charge on any atom is -0.444 e. The van der Waals surface area contributed by atoms with Gasteiger partial charge in [0.1, 0.15) is 11.9 Å². The van der Waals surface area contributed by atoms with E-state index in [-0.39, 0.29) is 0 Å². The summed E-state index contributed by atoms with van der Waals surface area (Å²) in [6.45, 7) is 5.88. The third-order valence-electron chi connectivity index (χ3n) is 3.07. The first-order valence-electron chi connectivity index (χ1n) is 6.42. The molecule has 1 aromatic carbocycles. The summed E-state index contributed by atoms with van der Waals surface area (Å²) in [5, 5.41) is 0. The molecule has 0 bridgehead atoms. The van der Waals surface area contributed by atoms with Crippen molar-refractivity contribution in [3.05, 3.63) is 35.4 Å². The lowest BCUT2D eigenvalue weighted by Gasteiger charge is -2.35. The first-order chi connectivity index (χ1) is 8.90. The molecular weight excluding hydrogens is 242 g/mol. The van der Waals surface area contributed by atoms with Gasteiger partial charge in [0.15, 0.2) is 0 Å². The van der Waals surface area contributed by atoms with Crippen LogP contribution in [0.3, 0.4) is 0 Å². The number of carbonyl (C=O) groups is 2. The van der Waals surface area contributed by atoms with Crippen molar-refractivity contribution in [3.63, 3.8) is 0 Å². The fourth-order valence-electron chi connectivity index (χ4n) is 2.19. The molecule has 0 N–H and O–H groups in total. The van der Waals surface area contributed by atoms with Crippen LogP contribution in [0, 0.1) is 0 Å². The highest BCUT2D eigenvalue weighted by Gasteiger charge is 2.32. The maximum Gasteiger partial charge on any atom is 0.411 e. The highest BCUT2D eigenvalue weighted by atomic mass is 16.6. The van der Waals surface area contributed by atoms with E-state index in [2.05, 4.69) is 0 Å². The van der Waals surface area contributed by atoms with Gasteiger partial charge in [-0.2, -0.15) is 0 Å². The zero-order valence-electron chi connectivity index (χ0n) is 11.6. The highest BCUT2D eigenvalue weighted by Crippen LogP contribution is 2.24. The highest BCUT2D eigenvalue weighted by molar-refractivity contribution is 5.75. The van der Waals surface area contributed by atoms with Crippen molar-refractivity contribution in [2.24, 2.45) is 0 Å². The standard InChI is InChI=1S/C15H19NO3/c1-15(2,3)19-14(18)16-9-12-7-5-4-6-11(12)8-13(16)10-17/h4-7,10,13H,8-9H2,1-3H3. The number of nitrogens with zero attached hydrogens (tertiary/aromatic N) is 1. The Bertz CT molecular complexity index is 490.